The van der Waals surface area contributed by atoms with Crippen LogP contribution >= 0.6 is 0 Å². The van der Waals surface area contributed by atoms with Crippen LogP contribution in [0.3, 0.4) is 0 Å². The van der Waals surface area contributed by atoms with Gasteiger partial charge < -0.3 is 15.1 Å². The lowest BCUT2D eigenvalue weighted by atomic mass is 10.1. The highest BCUT2D eigenvalue weighted by Crippen LogP contribution is 2.30. The van der Waals surface area contributed by atoms with Crippen LogP contribution in [0.15, 0.2) is 36.5 Å². The molecular weight excluding hydrogens is 357 g/mol. The number of carbonyl (C=O) groups is 1. The van der Waals surface area contributed by atoms with E-state index in [-0.39, 0.29) is 5.56 Å². The van der Waals surface area contributed by atoms with Crippen molar-refractivity contribution in [2.24, 2.45) is 0 Å². The molecule has 5 nitrogen and oxygen atoms in total. The Kier molecular flexibility index (Phi) is 5.36. The number of likely N-dealkylation sites (N-methyl/N-ethyl adjacent to an activating group) is 1. The van der Waals surface area contributed by atoms with Crippen molar-refractivity contribution >= 4 is 17.3 Å². The van der Waals surface area contributed by atoms with Gasteiger partial charge in [0, 0.05) is 31.7 Å². The first-order valence-electron chi connectivity index (χ1n) is 8.63. The van der Waals surface area contributed by atoms with Crippen molar-refractivity contribution in [3.63, 3.8) is 0 Å². The SMILES string of the molecule is Cc1ncc(N2CCN(C)CC2)cc1NC(=O)c1cccc(C(F)(F)F)c1. The Morgan fingerprint density at radius 1 is 1.15 bits per heavy atom. The largest absolute Gasteiger partial charge is 0.416 e. The Morgan fingerprint density at radius 2 is 1.85 bits per heavy atom. The summed E-state index contributed by atoms with van der Waals surface area (Å²) in [4.78, 5) is 21.2. The van der Waals surface area contributed by atoms with Crippen molar-refractivity contribution in [2.45, 2.75) is 13.1 Å². The van der Waals surface area contributed by atoms with Gasteiger partial charge in [-0.25, -0.2) is 0 Å². The molecule has 3 rings (SSSR count). The van der Waals surface area contributed by atoms with Crippen molar-refractivity contribution in [1.29, 1.82) is 0 Å². The van der Waals surface area contributed by atoms with E-state index in [1.54, 1.807) is 13.1 Å². The lowest BCUT2D eigenvalue weighted by Crippen LogP contribution is -2.44. The van der Waals surface area contributed by atoms with Crippen molar-refractivity contribution < 1.29 is 18.0 Å². The first kappa shape index (κ1) is 19.2. The number of piperazine rings is 1. The molecule has 2 heterocycles. The molecule has 0 unspecified atom stereocenters. The fourth-order valence-corrected chi connectivity index (χ4v) is 2.92. The van der Waals surface area contributed by atoms with E-state index in [0.717, 1.165) is 44.0 Å². The summed E-state index contributed by atoms with van der Waals surface area (Å²) in [6.45, 7) is 5.31. The quantitative estimate of drug-likeness (QED) is 0.889. The van der Waals surface area contributed by atoms with Crippen LogP contribution in [0.5, 0.6) is 0 Å². The summed E-state index contributed by atoms with van der Waals surface area (Å²) in [6, 6.07) is 6.19. The summed E-state index contributed by atoms with van der Waals surface area (Å²) in [7, 11) is 2.06. The molecule has 2 aromatic rings. The molecule has 0 saturated carbocycles. The van der Waals surface area contributed by atoms with Gasteiger partial charge in [0.2, 0.25) is 0 Å². The monoisotopic (exact) mass is 378 g/mol. The second-order valence-electron chi connectivity index (χ2n) is 6.65. The average Bonchev–Trinajstić information content (AvgIpc) is 2.63. The number of carbonyl (C=O) groups excluding carboxylic acids is 1. The molecule has 1 fully saturated rings. The van der Waals surface area contributed by atoms with Gasteiger partial charge in [-0.15, -0.1) is 0 Å². The van der Waals surface area contributed by atoms with E-state index in [0.29, 0.717) is 11.4 Å². The maximum atomic E-state index is 12.9. The molecule has 0 aliphatic carbocycles. The number of nitrogens with zero attached hydrogens (tertiary/aromatic N) is 3. The fourth-order valence-electron chi connectivity index (χ4n) is 2.92. The molecule has 0 radical (unpaired) electrons. The van der Waals surface area contributed by atoms with Crippen LogP contribution in [-0.4, -0.2) is 49.0 Å². The highest BCUT2D eigenvalue weighted by molar-refractivity contribution is 6.04. The Bertz CT molecular complexity index is 830. The minimum atomic E-state index is -4.49. The molecule has 8 heteroatoms. The van der Waals surface area contributed by atoms with Crippen molar-refractivity contribution in [3.8, 4) is 0 Å². The zero-order chi connectivity index (χ0) is 19.6. The summed E-state index contributed by atoms with van der Waals surface area (Å²) in [5, 5.41) is 2.69. The Balaban J connectivity index is 1.79. The number of pyridine rings is 1. The maximum absolute atomic E-state index is 12.9. The predicted octanol–water partition coefficient (Wildman–Crippen LogP) is 3.41. The summed E-state index contributed by atoms with van der Waals surface area (Å²) in [5.74, 6) is -0.596. The van der Waals surface area contributed by atoms with E-state index in [4.69, 9.17) is 0 Å². The predicted molar refractivity (Wildman–Crippen MR) is 98.1 cm³/mol. The zero-order valence-electron chi connectivity index (χ0n) is 15.2. The smallest absolute Gasteiger partial charge is 0.368 e. The molecule has 27 heavy (non-hydrogen) atoms. The van der Waals surface area contributed by atoms with Gasteiger partial charge in [-0.05, 0) is 38.2 Å². The second-order valence-corrected chi connectivity index (χ2v) is 6.65. The number of rotatable bonds is 3. The molecule has 0 spiro atoms. The topological polar surface area (TPSA) is 48.5 Å². The number of hydrogen-bond donors (Lipinski definition) is 1. The Labute approximate surface area is 155 Å². The second kappa shape index (κ2) is 7.56. The van der Waals surface area contributed by atoms with E-state index in [2.05, 4.69) is 27.1 Å². The molecule has 1 saturated heterocycles. The molecule has 0 atom stereocenters. The number of aryl methyl sites for hydroxylation is 1. The molecule has 1 aromatic carbocycles. The summed E-state index contributed by atoms with van der Waals surface area (Å²) in [5.41, 5.74) is 1.08. The van der Waals surface area contributed by atoms with Crippen LogP contribution in [0.1, 0.15) is 21.6 Å². The third-order valence-electron chi connectivity index (χ3n) is 4.64. The van der Waals surface area contributed by atoms with Gasteiger partial charge in [-0.2, -0.15) is 13.2 Å². The number of halogens is 3. The van der Waals surface area contributed by atoms with Crippen LogP contribution in [0, 0.1) is 6.92 Å². The van der Waals surface area contributed by atoms with E-state index in [1.165, 1.54) is 12.1 Å². The van der Waals surface area contributed by atoms with Gasteiger partial charge in [0.15, 0.2) is 0 Å². The van der Waals surface area contributed by atoms with Crippen molar-refractivity contribution in [3.05, 3.63) is 53.3 Å². The number of alkyl halides is 3. The Morgan fingerprint density at radius 3 is 2.52 bits per heavy atom. The van der Waals surface area contributed by atoms with E-state index in [9.17, 15) is 18.0 Å². The molecule has 1 amide bonds. The van der Waals surface area contributed by atoms with Gasteiger partial charge in [0.25, 0.3) is 5.91 Å². The lowest BCUT2D eigenvalue weighted by Gasteiger charge is -2.34. The first-order chi connectivity index (χ1) is 12.7. The van der Waals surface area contributed by atoms with Crippen molar-refractivity contribution in [2.75, 3.05) is 43.4 Å². The number of aromatic nitrogens is 1. The summed E-state index contributed by atoms with van der Waals surface area (Å²) in [6.07, 6.45) is -2.74. The summed E-state index contributed by atoms with van der Waals surface area (Å²) < 4.78 is 38.6. The molecule has 0 bridgehead atoms. The molecule has 144 valence electrons. The first-order valence-corrected chi connectivity index (χ1v) is 8.63. The number of nitrogens with one attached hydrogen (secondary N) is 1. The fraction of sp³-hybridized carbons (Fsp3) is 0.368. The van der Waals surface area contributed by atoms with E-state index in [1.807, 2.05) is 6.07 Å². The molecule has 1 aliphatic rings. The Hall–Kier alpha value is -2.61. The maximum Gasteiger partial charge on any atom is 0.416 e. The van der Waals surface area contributed by atoms with Gasteiger partial charge >= 0.3 is 6.18 Å². The highest BCUT2D eigenvalue weighted by atomic mass is 19.4. The van der Waals surface area contributed by atoms with Crippen LogP contribution < -0.4 is 10.2 Å². The molecule has 1 aliphatic heterocycles. The third-order valence-corrected chi connectivity index (χ3v) is 4.64. The molecular formula is C19H21F3N4O. The number of anilines is 2. The standard InChI is InChI=1S/C19H21F3N4O/c1-13-17(11-16(12-23-13)26-8-6-25(2)7-9-26)24-18(27)14-4-3-5-15(10-14)19(20,21)22/h3-5,10-12H,6-9H2,1-2H3,(H,24,27). The van der Waals surface area contributed by atoms with Crippen LogP contribution in [0.4, 0.5) is 24.5 Å². The van der Waals surface area contributed by atoms with Crippen molar-refractivity contribution in [1.82, 2.24) is 9.88 Å². The zero-order valence-corrected chi connectivity index (χ0v) is 15.2. The van der Waals surface area contributed by atoms with Crippen LogP contribution in [-0.2, 0) is 6.18 Å². The molecule has 1 aromatic heterocycles. The van der Waals surface area contributed by atoms with Gasteiger partial charge in [0.1, 0.15) is 0 Å². The normalized spacial score (nSPS) is 15.7. The number of amides is 1. The lowest BCUT2D eigenvalue weighted by molar-refractivity contribution is -0.137. The number of hydrogen-bond acceptors (Lipinski definition) is 4. The van der Waals surface area contributed by atoms with E-state index < -0.39 is 17.6 Å². The highest BCUT2D eigenvalue weighted by Gasteiger charge is 2.31. The van der Waals surface area contributed by atoms with Crippen LogP contribution in [0.2, 0.25) is 0 Å². The third kappa shape index (κ3) is 4.57. The number of benzene rings is 1. The van der Waals surface area contributed by atoms with Gasteiger partial charge in [-0.3, -0.25) is 9.78 Å². The summed E-state index contributed by atoms with van der Waals surface area (Å²) >= 11 is 0. The minimum Gasteiger partial charge on any atom is -0.368 e. The minimum absolute atomic E-state index is 0.0470. The van der Waals surface area contributed by atoms with Gasteiger partial charge in [0.05, 0.1) is 28.8 Å². The van der Waals surface area contributed by atoms with Gasteiger partial charge in [-0.1, -0.05) is 6.07 Å². The average molecular weight is 378 g/mol. The van der Waals surface area contributed by atoms with Crippen LogP contribution in [0.25, 0.3) is 0 Å². The molecule has 1 N–H and O–H groups in total. The van der Waals surface area contributed by atoms with E-state index >= 15 is 0 Å².